The number of nitrogens with one attached hydrogen (secondary N) is 1. The van der Waals surface area contributed by atoms with Gasteiger partial charge in [-0.1, -0.05) is 18.2 Å². The molecule has 2 N–H and O–H groups in total. The molecule has 1 fully saturated rings. The van der Waals surface area contributed by atoms with E-state index in [1.54, 1.807) is 11.3 Å². The van der Waals surface area contributed by atoms with Gasteiger partial charge in [0.05, 0.1) is 5.60 Å². The highest BCUT2D eigenvalue weighted by Crippen LogP contribution is 2.29. The van der Waals surface area contributed by atoms with Gasteiger partial charge in [-0.3, -0.25) is 0 Å². The lowest BCUT2D eigenvalue weighted by Gasteiger charge is -2.37. The van der Waals surface area contributed by atoms with Gasteiger partial charge in [0, 0.05) is 24.2 Å². The van der Waals surface area contributed by atoms with Gasteiger partial charge >= 0.3 is 0 Å². The molecule has 0 aliphatic carbocycles. The maximum Gasteiger partial charge on any atom is 0.0935 e. The number of β-amino-alcohol motifs (C(OH)–C–C–N with tert-alkyl or cyclic N) is 1. The Balaban J connectivity index is 1.97. The maximum absolute atomic E-state index is 10.1. The summed E-state index contributed by atoms with van der Waals surface area (Å²) in [7, 11) is 0. The van der Waals surface area contributed by atoms with E-state index in [1.165, 1.54) is 15.6 Å². The van der Waals surface area contributed by atoms with Gasteiger partial charge in [0.15, 0.2) is 0 Å². The summed E-state index contributed by atoms with van der Waals surface area (Å²) in [5, 5.41) is 16.7. The highest BCUT2D eigenvalue weighted by Gasteiger charge is 2.34. The van der Waals surface area contributed by atoms with Gasteiger partial charge in [0.2, 0.25) is 0 Å². The summed E-state index contributed by atoms with van der Waals surface area (Å²) in [4.78, 5) is 0. The van der Waals surface area contributed by atoms with Crippen LogP contribution in [0.25, 0.3) is 10.1 Å². The van der Waals surface area contributed by atoms with Gasteiger partial charge in [-0.25, -0.2) is 0 Å². The molecule has 1 aromatic carbocycles. The minimum atomic E-state index is -0.510. The second kappa shape index (κ2) is 3.30. The number of benzene rings is 1. The monoisotopic (exact) mass is 219 g/mol. The summed E-state index contributed by atoms with van der Waals surface area (Å²) >= 11 is 1.76. The summed E-state index contributed by atoms with van der Waals surface area (Å²) in [6, 6.07) is 8.38. The molecule has 15 heavy (non-hydrogen) atoms. The Kier molecular flexibility index (Phi) is 2.06. The third-order valence-electron chi connectivity index (χ3n) is 2.99. The van der Waals surface area contributed by atoms with Crippen LogP contribution in [0.2, 0.25) is 0 Å². The van der Waals surface area contributed by atoms with E-state index in [9.17, 15) is 5.11 Å². The first-order valence-electron chi connectivity index (χ1n) is 5.15. The SMILES string of the molecule is OC1(Cc2csc3ccccc23)CNC1. The number of aliphatic hydroxyl groups is 1. The van der Waals surface area contributed by atoms with Crippen LogP contribution < -0.4 is 5.32 Å². The molecule has 1 saturated heterocycles. The van der Waals surface area contributed by atoms with E-state index >= 15 is 0 Å². The van der Waals surface area contributed by atoms with E-state index in [0.29, 0.717) is 0 Å². The molecule has 3 rings (SSSR count). The molecule has 1 aliphatic rings. The summed E-state index contributed by atoms with van der Waals surface area (Å²) in [5.74, 6) is 0. The van der Waals surface area contributed by atoms with Gasteiger partial charge < -0.3 is 10.4 Å². The predicted molar refractivity (Wildman–Crippen MR) is 63.3 cm³/mol. The number of rotatable bonds is 2. The van der Waals surface area contributed by atoms with E-state index < -0.39 is 5.60 Å². The van der Waals surface area contributed by atoms with Crippen molar-refractivity contribution in [1.29, 1.82) is 0 Å². The molecule has 0 saturated carbocycles. The fourth-order valence-electron chi connectivity index (χ4n) is 2.06. The van der Waals surface area contributed by atoms with Gasteiger partial charge in [0.25, 0.3) is 0 Å². The van der Waals surface area contributed by atoms with Crippen LogP contribution >= 0.6 is 11.3 Å². The average Bonchev–Trinajstić information content (AvgIpc) is 2.60. The summed E-state index contributed by atoms with van der Waals surface area (Å²) in [6.45, 7) is 1.44. The van der Waals surface area contributed by atoms with Gasteiger partial charge in [0.1, 0.15) is 0 Å². The zero-order chi connectivity index (χ0) is 10.3. The zero-order valence-electron chi connectivity index (χ0n) is 8.36. The number of hydrogen-bond donors (Lipinski definition) is 2. The highest BCUT2D eigenvalue weighted by molar-refractivity contribution is 7.17. The van der Waals surface area contributed by atoms with Crippen molar-refractivity contribution in [2.24, 2.45) is 0 Å². The largest absolute Gasteiger partial charge is 0.387 e. The summed E-state index contributed by atoms with van der Waals surface area (Å²) in [5.41, 5.74) is 0.767. The van der Waals surface area contributed by atoms with Crippen molar-refractivity contribution in [2.45, 2.75) is 12.0 Å². The highest BCUT2D eigenvalue weighted by atomic mass is 32.1. The fourth-order valence-corrected chi connectivity index (χ4v) is 3.03. The Morgan fingerprint density at radius 3 is 2.87 bits per heavy atom. The van der Waals surface area contributed by atoms with Crippen LogP contribution in [0.5, 0.6) is 0 Å². The van der Waals surface area contributed by atoms with Crippen LogP contribution in [0.15, 0.2) is 29.6 Å². The first-order chi connectivity index (χ1) is 7.27. The average molecular weight is 219 g/mol. The van der Waals surface area contributed by atoms with Crippen molar-refractivity contribution in [3.8, 4) is 0 Å². The molecular weight excluding hydrogens is 206 g/mol. The number of hydrogen-bond acceptors (Lipinski definition) is 3. The summed E-state index contributed by atoms with van der Waals surface area (Å²) in [6.07, 6.45) is 0.768. The molecule has 2 nitrogen and oxygen atoms in total. The van der Waals surface area contributed by atoms with Crippen molar-refractivity contribution in [3.63, 3.8) is 0 Å². The second-order valence-corrected chi connectivity index (χ2v) is 5.17. The van der Waals surface area contributed by atoms with Crippen molar-refractivity contribution < 1.29 is 5.11 Å². The molecule has 1 aliphatic heterocycles. The normalized spacial score (nSPS) is 19.0. The Morgan fingerprint density at radius 1 is 1.33 bits per heavy atom. The van der Waals surface area contributed by atoms with Crippen LogP contribution in [-0.4, -0.2) is 23.8 Å². The van der Waals surface area contributed by atoms with E-state index in [-0.39, 0.29) is 0 Å². The Bertz CT molecular complexity index is 487. The number of fused-ring (bicyclic) bond motifs is 1. The molecule has 0 atom stereocenters. The second-order valence-electron chi connectivity index (χ2n) is 4.26. The minimum absolute atomic E-state index is 0.510. The molecule has 2 heterocycles. The van der Waals surface area contributed by atoms with Crippen molar-refractivity contribution >= 4 is 21.4 Å². The predicted octanol–water partition coefficient (Wildman–Crippen LogP) is 1.78. The van der Waals surface area contributed by atoms with Crippen LogP contribution in [0, 0.1) is 0 Å². The van der Waals surface area contributed by atoms with Gasteiger partial charge in [-0.15, -0.1) is 11.3 Å². The van der Waals surface area contributed by atoms with Crippen molar-refractivity contribution in [3.05, 3.63) is 35.2 Å². The van der Waals surface area contributed by atoms with Crippen LogP contribution in [0.4, 0.5) is 0 Å². The molecule has 0 amide bonds. The van der Waals surface area contributed by atoms with E-state index in [2.05, 4.69) is 35.0 Å². The molecule has 3 heteroatoms. The minimum Gasteiger partial charge on any atom is -0.387 e. The van der Waals surface area contributed by atoms with E-state index in [0.717, 1.165) is 19.5 Å². The Hall–Kier alpha value is -0.900. The maximum atomic E-state index is 10.1. The van der Waals surface area contributed by atoms with E-state index in [4.69, 9.17) is 0 Å². The molecule has 0 radical (unpaired) electrons. The molecule has 2 aromatic rings. The molecule has 0 spiro atoms. The molecular formula is C12H13NOS. The summed E-state index contributed by atoms with van der Waals surface area (Å²) < 4.78 is 1.31. The Morgan fingerprint density at radius 2 is 2.13 bits per heavy atom. The Labute approximate surface area is 92.6 Å². The van der Waals surface area contributed by atoms with Crippen LogP contribution in [0.3, 0.4) is 0 Å². The van der Waals surface area contributed by atoms with Crippen molar-refractivity contribution in [1.82, 2.24) is 5.32 Å². The smallest absolute Gasteiger partial charge is 0.0935 e. The first-order valence-corrected chi connectivity index (χ1v) is 6.03. The topological polar surface area (TPSA) is 32.3 Å². The van der Waals surface area contributed by atoms with Crippen LogP contribution in [0.1, 0.15) is 5.56 Å². The standard InChI is InChI=1S/C12H13NOS/c14-12(7-13-8-12)5-9-6-15-11-4-2-1-3-10(9)11/h1-4,6,13-14H,5,7-8H2. The molecule has 1 aromatic heterocycles. The van der Waals surface area contributed by atoms with Gasteiger partial charge in [-0.05, 0) is 22.4 Å². The number of thiophene rings is 1. The fraction of sp³-hybridized carbons (Fsp3) is 0.333. The van der Waals surface area contributed by atoms with Gasteiger partial charge in [-0.2, -0.15) is 0 Å². The van der Waals surface area contributed by atoms with E-state index in [1.807, 2.05) is 0 Å². The zero-order valence-corrected chi connectivity index (χ0v) is 9.18. The lowest BCUT2D eigenvalue weighted by molar-refractivity contribution is -0.00868. The van der Waals surface area contributed by atoms with Crippen LogP contribution in [-0.2, 0) is 6.42 Å². The third kappa shape index (κ3) is 1.57. The lowest BCUT2D eigenvalue weighted by Crippen LogP contribution is -2.60. The molecule has 0 unspecified atom stereocenters. The molecule has 78 valence electrons. The van der Waals surface area contributed by atoms with Crippen molar-refractivity contribution in [2.75, 3.05) is 13.1 Å². The quantitative estimate of drug-likeness (QED) is 0.807. The third-order valence-corrected chi connectivity index (χ3v) is 4.00. The lowest BCUT2D eigenvalue weighted by atomic mass is 9.89. The first kappa shape index (κ1) is 9.33. The molecule has 0 bridgehead atoms.